The van der Waals surface area contributed by atoms with E-state index in [1.54, 1.807) is 0 Å². The van der Waals surface area contributed by atoms with E-state index in [9.17, 15) is 0 Å². The second-order valence-corrected chi connectivity index (χ2v) is 2.96. The molecule has 0 fully saturated rings. The SMILES string of the molecule is CCCc1noc(CCNCC)n1. The van der Waals surface area contributed by atoms with Crippen LogP contribution in [0.3, 0.4) is 0 Å². The topological polar surface area (TPSA) is 51.0 Å². The minimum Gasteiger partial charge on any atom is -0.339 e. The molecule has 1 aromatic heterocycles. The predicted octanol–water partition coefficient (Wildman–Crippen LogP) is 1.17. The van der Waals surface area contributed by atoms with Gasteiger partial charge in [0.05, 0.1) is 0 Å². The number of likely N-dealkylation sites (N-methyl/N-ethyl adjacent to an activating group) is 1. The van der Waals surface area contributed by atoms with Crippen molar-refractivity contribution in [3.05, 3.63) is 11.7 Å². The van der Waals surface area contributed by atoms with Crippen LogP contribution >= 0.6 is 0 Å². The molecule has 13 heavy (non-hydrogen) atoms. The van der Waals surface area contributed by atoms with Crippen LogP contribution in [-0.4, -0.2) is 23.2 Å². The predicted molar refractivity (Wildman–Crippen MR) is 50.5 cm³/mol. The Morgan fingerprint density at radius 3 is 2.85 bits per heavy atom. The molecule has 0 aliphatic heterocycles. The van der Waals surface area contributed by atoms with Crippen molar-refractivity contribution in [1.29, 1.82) is 0 Å². The fraction of sp³-hybridized carbons (Fsp3) is 0.778. The molecule has 0 aliphatic rings. The highest BCUT2D eigenvalue weighted by atomic mass is 16.5. The van der Waals surface area contributed by atoms with E-state index in [-0.39, 0.29) is 0 Å². The fourth-order valence-corrected chi connectivity index (χ4v) is 1.09. The van der Waals surface area contributed by atoms with E-state index in [2.05, 4.69) is 29.3 Å². The maximum atomic E-state index is 5.06. The van der Waals surface area contributed by atoms with Gasteiger partial charge in [-0.2, -0.15) is 4.98 Å². The fourth-order valence-electron chi connectivity index (χ4n) is 1.09. The molecule has 1 N–H and O–H groups in total. The average molecular weight is 183 g/mol. The van der Waals surface area contributed by atoms with Gasteiger partial charge in [-0.25, -0.2) is 0 Å². The van der Waals surface area contributed by atoms with Gasteiger partial charge in [-0.15, -0.1) is 0 Å². The first-order valence-corrected chi connectivity index (χ1v) is 4.89. The summed E-state index contributed by atoms with van der Waals surface area (Å²) in [6.45, 7) is 6.07. The zero-order chi connectivity index (χ0) is 9.52. The van der Waals surface area contributed by atoms with Crippen molar-refractivity contribution in [3.8, 4) is 0 Å². The van der Waals surface area contributed by atoms with Crippen LogP contribution in [0.25, 0.3) is 0 Å². The highest BCUT2D eigenvalue weighted by Crippen LogP contribution is 2.00. The molecule has 0 saturated carbocycles. The summed E-state index contributed by atoms with van der Waals surface area (Å²) in [5, 5.41) is 7.08. The minimum atomic E-state index is 0.740. The van der Waals surface area contributed by atoms with Crippen LogP contribution < -0.4 is 5.32 Å². The Labute approximate surface area is 78.7 Å². The van der Waals surface area contributed by atoms with Gasteiger partial charge in [-0.1, -0.05) is 19.0 Å². The molecule has 0 atom stereocenters. The van der Waals surface area contributed by atoms with E-state index in [4.69, 9.17) is 4.52 Å². The van der Waals surface area contributed by atoms with Crippen LogP contribution in [0.4, 0.5) is 0 Å². The summed E-state index contributed by atoms with van der Waals surface area (Å²) in [6.07, 6.45) is 2.79. The summed E-state index contributed by atoms with van der Waals surface area (Å²) in [5.41, 5.74) is 0. The van der Waals surface area contributed by atoms with Gasteiger partial charge in [-0.3, -0.25) is 0 Å². The lowest BCUT2D eigenvalue weighted by Gasteiger charge is -1.94. The lowest BCUT2D eigenvalue weighted by molar-refractivity contribution is 0.371. The molecule has 1 heterocycles. The number of nitrogens with one attached hydrogen (secondary N) is 1. The lowest BCUT2D eigenvalue weighted by Crippen LogP contribution is -2.16. The monoisotopic (exact) mass is 183 g/mol. The van der Waals surface area contributed by atoms with Gasteiger partial charge < -0.3 is 9.84 Å². The number of nitrogens with zero attached hydrogens (tertiary/aromatic N) is 2. The summed E-state index contributed by atoms with van der Waals surface area (Å²) in [4.78, 5) is 4.25. The number of aryl methyl sites for hydroxylation is 1. The van der Waals surface area contributed by atoms with Crippen molar-refractivity contribution in [3.63, 3.8) is 0 Å². The number of aromatic nitrogens is 2. The van der Waals surface area contributed by atoms with Gasteiger partial charge in [0.15, 0.2) is 5.82 Å². The van der Waals surface area contributed by atoms with E-state index in [1.165, 1.54) is 0 Å². The van der Waals surface area contributed by atoms with Crippen LogP contribution in [0.1, 0.15) is 32.0 Å². The van der Waals surface area contributed by atoms with E-state index >= 15 is 0 Å². The molecule has 0 radical (unpaired) electrons. The quantitative estimate of drug-likeness (QED) is 0.673. The third-order valence-electron chi connectivity index (χ3n) is 1.75. The van der Waals surface area contributed by atoms with Gasteiger partial charge in [-0.05, 0) is 13.0 Å². The van der Waals surface area contributed by atoms with Crippen molar-refractivity contribution in [2.24, 2.45) is 0 Å². The van der Waals surface area contributed by atoms with Crippen LogP contribution in [0.15, 0.2) is 4.52 Å². The Balaban J connectivity index is 2.31. The largest absolute Gasteiger partial charge is 0.339 e. The third-order valence-corrected chi connectivity index (χ3v) is 1.75. The highest BCUT2D eigenvalue weighted by molar-refractivity contribution is 4.86. The van der Waals surface area contributed by atoms with E-state index < -0.39 is 0 Å². The molecule has 0 spiro atoms. The summed E-state index contributed by atoms with van der Waals surface area (Å²) in [6, 6.07) is 0. The average Bonchev–Trinajstić information content (AvgIpc) is 2.54. The molecule has 0 aromatic carbocycles. The second-order valence-electron chi connectivity index (χ2n) is 2.96. The van der Waals surface area contributed by atoms with Crippen molar-refractivity contribution >= 4 is 0 Å². The molecule has 0 amide bonds. The van der Waals surface area contributed by atoms with Crippen molar-refractivity contribution < 1.29 is 4.52 Å². The van der Waals surface area contributed by atoms with Crippen LogP contribution in [-0.2, 0) is 12.8 Å². The summed E-state index contributed by atoms with van der Waals surface area (Å²) in [7, 11) is 0. The molecule has 4 nitrogen and oxygen atoms in total. The molecule has 0 unspecified atom stereocenters. The number of hydrogen-bond acceptors (Lipinski definition) is 4. The molecule has 4 heteroatoms. The number of rotatable bonds is 6. The maximum Gasteiger partial charge on any atom is 0.227 e. The summed E-state index contributed by atoms with van der Waals surface area (Å²) < 4.78 is 5.06. The van der Waals surface area contributed by atoms with Gasteiger partial charge in [0, 0.05) is 19.4 Å². The third kappa shape index (κ3) is 3.55. The second kappa shape index (κ2) is 5.70. The van der Waals surface area contributed by atoms with Gasteiger partial charge in [0.1, 0.15) is 0 Å². The molecule has 1 rings (SSSR count). The molecular formula is C9H17N3O. The zero-order valence-corrected chi connectivity index (χ0v) is 8.34. The van der Waals surface area contributed by atoms with E-state index in [0.717, 1.165) is 44.1 Å². The van der Waals surface area contributed by atoms with Crippen LogP contribution in [0, 0.1) is 0 Å². The molecule has 74 valence electrons. The molecule has 1 aromatic rings. The highest BCUT2D eigenvalue weighted by Gasteiger charge is 2.03. The molecular weight excluding hydrogens is 166 g/mol. The summed E-state index contributed by atoms with van der Waals surface area (Å²) in [5.74, 6) is 1.57. The zero-order valence-electron chi connectivity index (χ0n) is 8.34. The normalized spacial score (nSPS) is 10.6. The first-order chi connectivity index (χ1) is 6.36. The Kier molecular flexibility index (Phi) is 4.46. The first-order valence-electron chi connectivity index (χ1n) is 4.89. The molecule has 0 saturated heterocycles. The van der Waals surface area contributed by atoms with Crippen LogP contribution in [0.5, 0.6) is 0 Å². The molecule has 0 bridgehead atoms. The number of hydrogen-bond donors (Lipinski definition) is 1. The Hall–Kier alpha value is -0.900. The van der Waals surface area contributed by atoms with Gasteiger partial charge >= 0.3 is 0 Å². The van der Waals surface area contributed by atoms with Crippen LogP contribution in [0.2, 0.25) is 0 Å². The Morgan fingerprint density at radius 2 is 2.15 bits per heavy atom. The Morgan fingerprint density at radius 1 is 1.31 bits per heavy atom. The van der Waals surface area contributed by atoms with E-state index in [0.29, 0.717) is 0 Å². The lowest BCUT2D eigenvalue weighted by atomic mass is 10.3. The van der Waals surface area contributed by atoms with Gasteiger partial charge in [0.2, 0.25) is 5.89 Å². The van der Waals surface area contributed by atoms with Crippen molar-refractivity contribution in [2.75, 3.05) is 13.1 Å². The van der Waals surface area contributed by atoms with Crippen molar-refractivity contribution in [2.45, 2.75) is 33.1 Å². The summed E-state index contributed by atoms with van der Waals surface area (Å²) >= 11 is 0. The van der Waals surface area contributed by atoms with Gasteiger partial charge in [0.25, 0.3) is 0 Å². The minimum absolute atomic E-state index is 0.740. The maximum absolute atomic E-state index is 5.06. The smallest absolute Gasteiger partial charge is 0.227 e. The van der Waals surface area contributed by atoms with E-state index in [1.807, 2.05) is 0 Å². The Bertz CT molecular complexity index is 235. The molecule has 0 aliphatic carbocycles. The first kappa shape index (κ1) is 10.2. The van der Waals surface area contributed by atoms with Crippen molar-refractivity contribution in [1.82, 2.24) is 15.5 Å². The standard InChI is InChI=1S/C9H17N3O/c1-3-5-8-11-9(13-12-8)6-7-10-4-2/h10H,3-7H2,1-2H3.